The van der Waals surface area contributed by atoms with Gasteiger partial charge in [-0.15, -0.1) is 0 Å². The summed E-state index contributed by atoms with van der Waals surface area (Å²) in [6, 6.07) is 15.5. The standard InChI is InChI=1S/C20H23NO3/c1-4-14(2)17-7-9-18(10-8-17)21-13-16-5-11-19(12-6-16)24-15(3)20(22)23/h5-15H,4H2,1-3H3,(H,22,23)/t14-,15-/m1/s1. The lowest BCUT2D eigenvalue weighted by Crippen LogP contribution is -2.22. The number of rotatable bonds is 7. The van der Waals surface area contributed by atoms with E-state index in [1.807, 2.05) is 24.3 Å². The van der Waals surface area contributed by atoms with Gasteiger partial charge in [-0.2, -0.15) is 0 Å². The number of aliphatic carboxylic acids is 1. The summed E-state index contributed by atoms with van der Waals surface area (Å²) in [5.41, 5.74) is 3.16. The predicted molar refractivity (Wildman–Crippen MR) is 96.6 cm³/mol. The van der Waals surface area contributed by atoms with E-state index in [1.165, 1.54) is 12.5 Å². The van der Waals surface area contributed by atoms with Crippen LogP contribution in [0.15, 0.2) is 53.5 Å². The van der Waals surface area contributed by atoms with Crippen molar-refractivity contribution >= 4 is 17.9 Å². The first kappa shape index (κ1) is 17.7. The van der Waals surface area contributed by atoms with E-state index >= 15 is 0 Å². The molecule has 0 aliphatic heterocycles. The number of hydrogen-bond donors (Lipinski definition) is 1. The van der Waals surface area contributed by atoms with Crippen LogP contribution in [-0.4, -0.2) is 23.4 Å². The van der Waals surface area contributed by atoms with E-state index in [9.17, 15) is 4.79 Å². The van der Waals surface area contributed by atoms with Crippen molar-refractivity contribution in [3.8, 4) is 5.75 Å². The highest BCUT2D eigenvalue weighted by Crippen LogP contribution is 2.22. The quantitative estimate of drug-likeness (QED) is 0.744. The zero-order valence-corrected chi connectivity index (χ0v) is 14.3. The Bertz CT molecular complexity index is 690. The van der Waals surface area contributed by atoms with Crippen LogP contribution >= 0.6 is 0 Å². The molecule has 0 aromatic heterocycles. The predicted octanol–water partition coefficient (Wildman–Crippen LogP) is 4.80. The first-order valence-electron chi connectivity index (χ1n) is 8.13. The molecule has 0 spiro atoms. The zero-order chi connectivity index (χ0) is 17.5. The number of aliphatic imine (C=N–C) groups is 1. The minimum Gasteiger partial charge on any atom is -0.479 e. The van der Waals surface area contributed by atoms with Gasteiger partial charge in [-0.25, -0.2) is 4.79 Å². The van der Waals surface area contributed by atoms with Crippen LogP contribution in [0.4, 0.5) is 5.69 Å². The molecule has 1 N–H and O–H groups in total. The van der Waals surface area contributed by atoms with Gasteiger partial charge in [0.2, 0.25) is 0 Å². The Hall–Kier alpha value is -2.62. The third-order valence-corrected chi connectivity index (χ3v) is 3.98. The highest BCUT2D eigenvalue weighted by Gasteiger charge is 2.11. The number of hydrogen-bond acceptors (Lipinski definition) is 3. The van der Waals surface area contributed by atoms with Gasteiger partial charge in [-0.05, 0) is 66.8 Å². The van der Waals surface area contributed by atoms with Crippen molar-refractivity contribution in [1.29, 1.82) is 0 Å². The summed E-state index contributed by atoms with van der Waals surface area (Å²) >= 11 is 0. The smallest absolute Gasteiger partial charge is 0.344 e. The van der Waals surface area contributed by atoms with E-state index in [2.05, 4.69) is 31.0 Å². The fourth-order valence-electron chi connectivity index (χ4n) is 2.16. The van der Waals surface area contributed by atoms with E-state index in [4.69, 9.17) is 9.84 Å². The first-order valence-corrected chi connectivity index (χ1v) is 8.13. The van der Waals surface area contributed by atoms with Crippen LogP contribution < -0.4 is 4.74 Å². The molecule has 2 atom stereocenters. The molecule has 0 fully saturated rings. The van der Waals surface area contributed by atoms with Gasteiger partial charge >= 0.3 is 5.97 Å². The molecule has 2 rings (SSSR count). The van der Waals surface area contributed by atoms with Crippen LogP contribution in [0.1, 0.15) is 44.2 Å². The molecular weight excluding hydrogens is 302 g/mol. The molecule has 0 radical (unpaired) electrons. The number of carboxylic acid groups (broad SMARTS) is 1. The Morgan fingerprint density at radius 1 is 1.12 bits per heavy atom. The highest BCUT2D eigenvalue weighted by molar-refractivity contribution is 5.82. The maximum Gasteiger partial charge on any atom is 0.344 e. The molecule has 4 heteroatoms. The van der Waals surface area contributed by atoms with Crippen molar-refractivity contribution in [2.24, 2.45) is 4.99 Å². The van der Waals surface area contributed by atoms with E-state index in [-0.39, 0.29) is 0 Å². The largest absolute Gasteiger partial charge is 0.479 e. The van der Waals surface area contributed by atoms with Crippen LogP contribution in [0.3, 0.4) is 0 Å². The third-order valence-electron chi connectivity index (χ3n) is 3.98. The third kappa shape index (κ3) is 4.95. The van der Waals surface area contributed by atoms with Gasteiger partial charge in [-0.3, -0.25) is 4.99 Å². The summed E-state index contributed by atoms with van der Waals surface area (Å²) in [4.78, 5) is 15.2. The monoisotopic (exact) mass is 325 g/mol. The van der Waals surface area contributed by atoms with Crippen molar-refractivity contribution in [3.63, 3.8) is 0 Å². The number of carbonyl (C=O) groups is 1. The Kier molecular flexibility index (Phi) is 6.13. The summed E-state index contributed by atoms with van der Waals surface area (Å²) < 4.78 is 5.30. The molecule has 0 aliphatic carbocycles. The second kappa shape index (κ2) is 8.29. The Labute approximate surface area is 142 Å². The van der Waals surface area contributed by atoms with Crippen molar-refractivity contribution in [2.45, 2.75) is 39.2 Å². The molecule has 0 saturated heterocycles. The molecule has 0 aliphatic rings. The highest BCUT2D eigenvalue weighted by atomic mass is 16.5. The number of ether oxygens (including phenoxy) is 1. The van der Waals surface area contributed by atoms with Crippen LogP contribution in [0.2, 0.25) is 0 Å². The van der Waals surface area contributed by atoms with E-state index < -0.39 is 12.1 Å². The van der Waals surface area contributed by atoms with Gasteiger partial charge in [0.1, 0.15) is 5.75 Å². The van der Waals surface area contributed by atoms with Gasteiger partial charge in [-0.1, -0.05) is 26.0 Å². The average molecular weight is 325 g/mol. The number of benzene rings is 2. The topological polar surface area (TPSA) is 58.9 Å². The Morgan fingerprint density at radius 2 is 1.75 bits per heavy atom. The molecule has 0 unspecified atom stereocenters. The summed E-state index contributed by atoms with van der Waals surface area (Å²) in [7, 11) is 0. The fourth-order valence-corrected chi connectivity index (χ4v) is 2.16. The zero-order valence-electron chi connectivity index (χ0n) is 14.3. The minimum absolute atomic E-state index is 0.528. The SMILES string of the molecule is CC[C@@H](C)c1ccc(N=Cc2ccc(O[C@H](C)C(=O)O)cc2)cc1. The van der Waals surface area contributed by atoms with Crippen LogP contribution in [0, 0.1) is 0 Å². The van der Waals surface area contributed by atoms with Gasteiger partial charge in [0.25, 0.3) is 0 Å². The summed E-state index contributed by atoms with van der Waals surface area (Å²) in [5, 5.41) is 8.83. The summed E-state index contributed by atoms with van der Waals surface area (Å²) in [5.74, 6) is 0.102. The Balaban J connectivity index is 2.00. The molecule has 2 aromatic rings. The maximum atomic E-state index is 10.8. The average Bonchev–Trinajstić information content (AvgIpc) is 2.60. The van der Waals surface area contributed by atoms with Crippen LogP contribution in [0.25, 0.3) is 0 Å². The fraction of sp³-hybridized carbons (Fsp3) is 0.300. The second-order valence-corrected chi connectivity index (χ2v) is 5.83. The van der Waals surface area contributed by atoms with E-state index in [1.54, 1.807) is 18.3 Å². The molecule has 126 valence electrons. The van der Waals surface area contributed by atoms with Crippen molar-refractivity contribution in [2.75, 3.05) is 0 Å². The molecule has 0 heterocycles. The van der Waals surface area contributed by atoms with Crippen molar-refractivity contribution < 1.29 is 14.6 Å². The van der Waals surface area contributed by atoms with Gasteiger partial charge in [0.05, 0.1) is 5.69 Å². The van der Waals surface area contributed by atoms with Gasteiger partial charge < -0.3 is 9.84 Å². The van der Waals surface area contributed by atoms with Crippen LogP contribution in [0.5, 0.6) is 5.75 Å². The summed E-state index contributed by atoms with van der Waals surface area (Å²) in [6.45, 7) is 5.90. The minimum atomic E-state index is -0.985. The maximum absolute atomic E-state index is 10.8. The molecule has 24 heavy (non-hydrogen) atoms. The van der Waals surface area contributed by atoms with Crippen molar-refractivity contribution in [3.05, 3.63) is 59.7 Å². The summed E-state index contributed by atoms with van der Waals surface area (Å²) in [6.07, 6.45) is 2.04. The lowest BCUT2D eigenvalue weighted by atomic mass is 9.99. The van der Waals surface area contributed by atoms with Gasteiger partial charge in [0.15, 0.2) is 6.10 Å². The van der Waals surface area contributed by atoms with Gasteiger partial charge in [0, 0.05) is 6.21 Å². The lowest BCUT2D eigenvalue weighted by molar-refractivity contribution is -0.144. The normalized spacial score (nSPS) is 13.6. The molecule has 0 saturated carbocycles. The van der Waals surface area contributed by atoms with Crippen LogP contribution in [-0.2, 0) is 4.79 Å². The molecule has 0 bridgehead atoms. The number of nitrogens with zero attached hydrogens (tertiary/aromatic N) is 1. The van der Waals surface area contributed by atoms with Crippen molar-refractivity contribution in [1.82, 2.24) is 0 Å². The molecular formula is C20H23NO3. The lowest BCUT2D eigenvalue weighted by Gasteiger charge is -2.10. The molecule has 0 amide bonds. The molecule has 4 nitrogen and oxygen atoms in total. The number of carboxylic acids is 1. The second-order valence-electron chi connectivity index (χ2n) is 5.83. The first-order chi connectivity index (χ1) is 11.5. The van der Waals surface area contributed by atoms with E-state index in [0.717, 1.165) is 17.7 Å². The Morgan fingerprint density at radius 3 is 2.29 bits per heavy atom. The molecule has 2 aromatic carbocycles. The van der Waals surface area contributed by atoms with E-state index in [0.29, 0.717) is 11.7 Å².